The summed E-state index contributed by atoms with van der Waals surface area (Å²) in [6.45, 7) is -0.258. The van der Waals surface area contributed by atoms with E-state index < -0.39 is 23.9 Å². The van der Waals surface area contributed by atoms with E-state index in [9.17, 15) is 22.8 Å². The van der Waals surface area contributed by atoms with E-state index in [4.69, 9.17) is 0 Å². The van der Waals surface area contributed by atoms with Crippen LogP contribution in [0.25, 0.3) is 0 Å². The Bertz CT molecular complexity index is 754. The highest BCUT2D eigenvalue weighted by molar-refractivity contribution is 7.99. The van der Waals surface area contributed by atoms with E-state index in [-0.39, 0.29) is 6.54 Å². The fourth-order valence-electron chi connectivity index (χ4n) is 1.93. The molecule has 0 atom stereocenters. The lowest BCUT2D eigenvalue weighted by Gasteiger charge is -2.12. The quantitative estimate of drug-likeness (QED) is 0.657. The van der Waals surface area contributed by atoms with Crippen LogP contribution in [-0.4, -0.2) is 30.4 Å². The molecule has 0 unspecified atom stereocenters. The molecule has 5 nitrogen and oxygen atoms in total. The van der Waals surface area contributed by atoms with Gasteiger partial charge < -0.3 is 10.6 Å². The lowest BCUT2D eigenvalue weighted by atomic mass is 10.3. The average molecular weight is 383 g/mol. The number of anilines is 2. The number of para-hydroxylation sites is 2. The summed E-state index contributed by atoms with van der Waals surface area (Å²) in [6, 6.07) is 14.2. The summed E-state index contributed by atoms with van der Waals surface area (Å²) in [5.74, 6) is -1.65. The first-order valence-corrected chi connectivity index (χ1v) is 8.50. The fraction of sp³-hybridized carbons (Fsp3) is 0.176. The van der Waals surface area contributed by atoms with Crippen molar-refractivity contribution in [2.45, 2.75) is 11.1 Å². The number of halogens is 3. The molecule has 0 saturated carbocycles. The number of hydrogen-bond donors (Lipinski definition) is 3. The third-order valence-electron chi connectivity index (χ3n) is 3.00. The maximum atomic E-state index is 12.4. The SMILES string of the molecule is O=C(CNc1ccccc1SCC(F)(F)F)NC(=O)Nc1ccccc1. The van der Waals surface area contributed by atoms with Crippen LogP contribution in [0.3, 0.4) is 0 Å². The Labute approximate surface area is 152 Å². The predicted octanol–water partition coefficient (Wildman–Crippen LogP) is 4.10. The lowest BCUT2D eigenvalue weighted by Crippen LogP contribution is -2.38. The van der Waals surface area contributed by atoms with Crippen LogP contribution >= 0.6 is 11.8 Å². The van der Waals surface area contributed by atoms with Crippen LogP contribution in [0.5, 0.6) is 0 Å². The molecule has 26 heavy (non-hydrogen) atoms. The smallest absolute Gasteiger partial charge is 0.375 e. The Morgan fingerprint density at radius 3 is 2.31 bits per heavy atom. The molecule has 0 saturated heterocycles. The third-order valence-corrected chi connectivity index (χ3v) is 4.14. The van der Waals surface area contributed by atoms with Gasteiger partial charge in [0.25, 0.3) is 0 Å². The molecule has 138 valence electrons. The maximum Gasteiger partial charge on any atom is 0.398 e. The van der Waals surface area contributed by atoms with Crippen molar-refractivity contribution in [1.29, 1.82) is 0 Å². The second kappa shape index (κ2) is 9.14. The standard InChI is InChI=1S/C17H16F3N3O2S/c18-17(19,20)11-26-14-9-5-4-8-13(14)21-10-15(24)23-16(25)22-12-6-2-1-3-7-12/h1-9,21H,10-11H2,(H2,22,23,24,25). The lowest BCUT2D eigenvalue weighted by molar-refractivity contribution is -0.118. The Morgan fingerprint density at radius 2 is 1.62 bits per heavy atom. The van der Waals surface area contributed by atoms with Gasteiger partial charge in [-0.05, 0) is 24.3 Å². The van der Waals surface area contributed by atoms with E-state index in [1.54, 1.807) is 48.5 Å². The van der Waals surface area contributed by atoms with Gasteiger partial charge in [0.1, 0.15) is 0 Å². The topological polar surface area (TPSA) is 70.2 Å². The number of amides is 3. The molecule has 0 fully saturated rings. The minimum atomic E-state index is -4.29. The molecule has 0 heterocycles. The van der Waals surface area contributed by atoms with Gasteiger partial charge in [0.15, 0.2) is 0 Å². The maximum absolute atomic E-state index is 12.4. The van der Waals surface area contributed by atoms with Crippen molar-refractivity contribution < 1.29 is 22.8 Å². The second-order valence-electron chi connectivity index (χ2n) is 5.12. The molecule has 3 amide bonds. The summed E-state index contributed by atoms with van der Waals surface area (Å²) in [5.41, 5.74) is 0.917. The molecule has 0 spiro atoms. The predicted molar refractivity (Wildman–Crippen MR) is 95.3 cm³/mol. The minimum Gasteiger partial charge on any atom is -0.375 e. The number of alkyl halides is 3. The summed E-state index contributed by atoms with van der Waals surface area (Å²) in [4.78, 5) is 23.9. The number of benzene rings is 2. The fourth-order valence-corrected chi connectivity index (χ4v) is 2.72. The molecule has 3 N–H and O–H groups in total. The summed E-state index contributed by atoms with van der Waals surface area (Å²) >= 11 is 0.623. The van der Waals surface area contributed by atoms with Gasteiger partial charge in [0.05, 0.1) is 12.3 Å². The second-order valence-corrected chi connectivity index (χ2v) is 6.14. The van der Waals surface area contributed by atoms with Gasteiger partial charge in [-0.3, -0.25) is 10.1 Å². The summed E-state index contributed by atoms with van der Waals surface area (Å²) in [6.07, 6.45) is -4.29. The van der Waals surface area contributed by atoms with E-state index >= 15 is 0 Å². The first-order chi connectivity index (χ1) is 12.3. The van der Waals surface area contributed by atoms with Crippen molar-refractivity contribution in [3.05, 3.63) is 54.6 Å². The number of thioether (sulfide) groups is 1. The van der Waals surface area contributed by atoms with Crippen LogP contribution < -0.4 is 16.0 Å². The zero-order valence-corrected chi connectivity index (χ0v) is 14.3. The highest BCUT2D eigenvalue weighted by atomic mass is 32.2. The molecule has 2 aromatic rings. The largest absolute Gasteiger partial charge is 0.398 e. The van der Waals surface area contributed by atoms with Gasteiger partial charge in [0, 0.05) is 16.3 Å². The van der Waals surface area contributed by atoms with Crippen LogP contribution in [0.2, 0.25) is 0 Å². The Balaban J connectivity index is 1.84. The van der Waals surface area contributed by atoms with Crippen molar-refractivity contribution in [1.82, 2.24) is 5.32 Å². The molecule has 0 bridgehead atoms. The minimum absolute atomic E-state index is 0.258. The molecular formula is C17H16F3N3O2S. The first-order valence-electron chi connectivity index (χ1n) is 7.52. The Morgan fingerprint density at radius 1 is 0.962 bits per heavy atom. The molecular weight excluding hydrogens is 367 g/mol. The van der Waals surface area contributed by atoms with Crippen LogP contribution in [0.1, 0.15) is 0 Å². The van der Waals surface area contributed by atoms with Gasteiger partial charge in [-0.1, -0.05) is 30.3 Å². The highest BCUT2D eigenvalue weighted by Crippen LogP contribution is 2.31. The molecule has 0 aliphatic rings. The number of carbonyl (C=O) groups excluding carboxylic acids is 2. The van der Waals surface area contributed by atoms with E-state index in [0.717, 1.165) is 0 Å². The summed E-state index contributed by atoms with van der Waals surface area (Å²) < 4.78 is 37.1. The summed E-state index contributed by atoms with van der Waals surface area (Å²) in [7, 11) is 0. The van der Waals surface area contributed by atoms with Crippen molar-refractivity contribution in [3.8, 4) is 0 Å². The van der Waals surface area contributed by atoms with Crippen molar-refractivity contribution in [2.75, 3.05) is 22.9 Å². The molecule has 2 aromatic carbocycles. The molecule has 0 aliphatic carbocycles. The van der Waals surface area contributed by atoms with Crippen LogP contribution in [0, 0.1) is 0 Å². The average Bonchev–Trinajstić information content (AvgIpc) is 2.59. The molecule has 9 heteroatoms. The van der Waals surface area contributed by atoms with Gasteiger partial charge in [-0.25, -0.2) is 4.79 Å². The zero-order valence-electron chi connectivity index (χ0n) is 13.5. The van der Waals surface area contributed by atoms with E-state index in [1.165, 1.54) is 6.07 Å². The number of urea groups is 1. The third kappa shape index (κ3) is 7.06. The highest BCUT2D eigenvalue weighted by Gasteiger charge is 2.27. The van der Waals surface area contributed by atoms with Gasteiger partial charge in [-0.15, -0.1) is 11.8 Å². The van der Waals surface area contributed by atoms with E-state index in [1.807, 2.05) is 0 Å². The molecule has 2 rings (SSSR count). The van der Waals surface area contributed by atoms with Crippen molar-refractivity contribution >= 4 is 35.1 Å². The number of rotatable bonds is 6. The Hall–Kier alpha value is -2.68. The van der Waals surface area contributed by atoms with Crippen molar-refractivity contribution in [3.63, 3.8) is 0 Å². The van der Waals surface area contributed by atoms with Crippen molar-refractivity contribution in [2.24, 2.45) is 0 Å². The molecule has 0 radical (unpaired) electrons. The summed E-state index contributed by atoms with van der Waals surface area (Å²) in [5, 5.41) is 7.37. The number of nitrogens with one attached hydrogen (secondary N) is 3. The van der Waals surface area contributed by atoms with Gasteiger partial charge in [0.2, 0.25) is 5.91 Å². The van der Waals surface area contributed by atoms with Crippen LogP contribution in [0.4, 0.5) is 29.3 Å². The monoisotopic (exact) mass is 383 g/mol. The molecule has 0 aliphatic heterocycles. The Kier molecular flexibility index (Phi) is 6.90. The number of carbonyl (C=O) groups is 2. The first kappa shape index (κ1) is 19.6. The van der Waals surface area contributed by atoms with E-state index in [0.29, 0.717) is 28.0 Å². The van der Waals surface area contributed by atoms with Crippen LogP contribution in [0.15, 0.2) is 59.5 Å². The molecule has 0 aromatic heterocycles. The van der Waals surface area contributed by atoms with E-state index in [2.05, 4.69) is 16.0 Å². The normalized spacial score (nSPS) is 10.9. The van der Waals surface area contributed by atoms with Crippen LogP contribution in [-0.2, 0) is 4.79 Å². The zero-order chi connectivity index (χ0) is 19.0. The number of hydrogen-bond acceptors (Lipinski definition) is 4. The van der Waals surface area contributed by atoms with Gasteiger partial charge in [-0.2, -0.15) is 13.2 Å². The van der Waals surface area contributed by atoms with Gasteiger partial charge >= 0.3 is 12.2 Å². The number of imide groups is 1.